The molecule has 112 valence electrons. The number of benzene rings is 1. The normalized spacial score (nSPS) is 25.9. The Hall–Kier alpha value is -1.06. The lowest BCUT2D eigenvalue weighted by Crippen LogP contribution is -2.42. The Kier molecular flexibility index (Phi) is 5.06. The molecule has 0 bridgehead atoms. The van der Waals surface area contributed by atoms with E-state index < -0.39 is 5.60 Å². The average molecular weight is 276 g/mol. The summed E-state index contributed by atoms with van der Waals surface area (Å²) in [6, 6.07) is 8.63. The number of rotatable bonds is 6. The van der Waals surface area contributed by atoms with Gasteiger partial charge in [0.05, 0.1) is 5.60 Å². The lowest BCUT2D eigenvalue weighted by Gasteiger charge is -2.31. The number of hydrogen-bond donors (Lipinski definition) is 2. The maximum absolute atomic E-state index is 10.5. The first-order valence-electron chi connectivity index (χ1n) is 7.83. The van der Waals surface area contributed by atoms with E-state index in [9.17, 15) is 5.11 Å². The van der Waals surface area contributed by atoms with Crippen LogP contribution in [0.4, 0.5) is 5.69 Å². The third kappa shape index (κ3) is 3.33. The standard InChI is InChI=1S/C17H28N2O/c1-3-19(16-8-4-6-14(2)12-16)11-9-15-7-5-10-17(15,20)13-18/h4,6,8,12,15,20H,3,5,7,9-11,13,18H2,1-2H3. The van der Waals surface area contributed by atoms with Crippen LogP contribution in [0.1, 0.15) is 38.2 Å². The number of anilines is 1. The molecule has 0 saturated heterocycles. The van der Waals surface area contributed by atoms with Gasteiger partial charge in [-0.25, -0.2) is 0 Å². The first-order chi connectivity index (χ1) is 9.59. The molecule has 2 atom stereocenters. The van der Waals surface area contributed by atoms with E-state index in [1.807, 2.05) is 0 Å². The van der Waals surface area contributed by atoms with Crippen molar-refractivity contribution in [3.05, 3.63) is 29.8 Å². The topological polar surface area (TPSA) is 49.5 Å². The summed E-state index contributed by atoms with van der Waals surface area (Å²) in [6.45, 7) is 6.70. The molecule has 3 N–H and O–H groups in total. The van der Waals surface area contributed by atoms with Crippen molar-refractivity contribution in [3.8, 4) is 0 Å². The highest BCUT2D eigenvalue weighted by atomic mass is 16.3. The highest BCUT2D eigenvalue weighted by molar-refractivity contribution is 5.48. The summed E-state index contributed by atoms with van der Waals surface area (Å²) >= 11 is 0. The molecular formula is C17H28N2O. The molecule has 1 fully saturated rings. The van der Waals surface area contributed by atoms with E-state index in [2.05, 4.69) is 43.0 Å². The molecule has 1 aromatic carbocycles. The smallest absolute Gasteiger partial charge is 0.0798 e. The fourth-order valence-corrected chi connectivity index (χ4v) is 3.42. The van der Waals surface area contributed by atoms with Crippen LogP contribution in [0.15, 0.2) is 24.3 Å². The Labute approximate surface area is 122 Å². The molecule has 0 amide bonds. The van der Waals surface area contributed by atoms with Gasteiger partial charge in [0.2, 0.25) is 0 Å². The zero-order valence-corrected chi connectivity index (χ0v) is 12.8. The van der Waals surface area contributed by atoms with Crippen molar-refractivity contribution in [2.75, 3.05) is 24.5 Å². The molecule has 3 heteroatoms. The van der Waals surface area contributed by atoms with E-state index in [0.29, 0.717) is 12.5 Å². The number of nitrogens with two attached hydrogens (primary N) is 1. The zero-order valence-electron chi connectivity index (χ0n) is 12.8. The predicted octanol–water partition coefficient (Wildman–Crippen LogP) is 2.70. The van der Waals surface area contributed by atoms with Gasteiger partial charge in [-0.1, -0.05) is 18.6 Å². The summed E-state index contributed by atoms with van der Waals surface area (Å²) in [5.41, 5.74) is 7.72. The van der Waals surface area contributed by atoms with Gasteiger partial charge < -0.3 is 15.7 Å². The average Bonchev–Trinajstić information content (AvgIpc) is 2.82. The van der Waals surface area contributed by atoms with Crippen LogP contribution in [0.3, 0.4) is 0 Å². The van der Waals surface area contributed by atoms with Crippen molar-refractivity contribution in [2.24, 2.45) is 11.7 Å². The van der Waals surface area contributed by atoms with Gasteiger partial charge in [-0.2, -0.15) is 0 Å². The van der Waals surface area contributed by atoms with E-state index >= 15 is 0 Å². The SMILES string of the molecule is CCN(CCC1CCCC1(O)CN)c1cccc(C)c1. The van der Waals surface area contributed by atoms with Crippen LogP contribution in [-0.2, 0) is 0 Å². The lowest BCUT2D eigenvalue weighted by molar-refractivity contribution is 0.00888. The zero-order chi connectivity index (χ0) is 14.6. The Balaban J connectivity index is 1.98. The first kappa shape index (κ1) is 15.3. The van der Waals surface area contributed by atoms with E-state index in [1.54, 1.807) is 0 Å². The van der Waals surface area contributed by atoms with Crippen LogP contribution >= 0.6 is 0 Å². The Morgan fingerprint density at radius 2 is 2.25 bits per heavy atom. The maximum Gasteiger partial charge on any atom is 0.0798 e. The fraction of sp³-hybridized carbons (Fsp3) is 0.647. The summed E-state index contributed by atoms with van der Waals surface area (Å²) < 4.78 is 0. The Bertz CT molecular complexity index is 435. The monoisotopic (exact) mass is 276 g/mol. The second kappa shape index (κ2) is 6.59. The van der Waals surface area contributed by atoms with Crippen LogP contribution in [0.5, 0.6) is 0 Å². The van der Waals surface area contributed by atoms with Crippen molar-refractivity contribution in [2.45, 2.75) is 45.1 Å². The quantitative estimate of drug-likeness (QED) is 0.840. The second-order valence-corrected chi connectivity index (χ2v) is 6.10. The van der Waals surface area contributed by atoms with E-state index in [-0.39, 0.29) is 0 Å². The largest absolute Gasteiger partial charge is 0.388 e. The van der Waals surface area contributed by atoms with Gasteiger partial charge in [0, 0.05) is 25.3 Å². The molecule has 0 aromatic heterocycles. The van der Waals surface area contributed by atoms with Crippen LogP contribution in [0.25, 0.3) is 0 Å². The number of nitrogens with zero attached hydrogens (tertiary/aromatic N) is 1. The van der Waals surface area contributed by atoms with Gasteiger partial charge in [-0.15, -0.1) is 0 Å². The molecule has 0 radical (unpaired) electrons. The minimum atomic E-state index is -0.619. The molecule has 1 saturated carbocycles. The van der Waals surface area contributed by atoms with Crippen molar-refractivity contribution < 1.29 is 5.11 Å². The molecule has 0 heterocycles. The fourth-order valence-electron chi connectivity index (χ4n) is 3.42. The maximum atomic E-state index is 10.5. The molecule has 1 aromatic rings. The van der Waals surface area contributed by atoms with E-state index in [4.69, 9.17) is 5.73 Å². The van der Waals surface area contributed by atoms with Gasteiger partial charge >= 0.3 is 0 Å². The minimum Gasteiger partial charge on any atom is -0.388 e. The van der Waals surface area contributed by atoms with Gasteiger partial charge in [0.1, 0.15) is 0 Å². The minimum absolute atomic E-state index is 0.353. The number of aryl methyl sites for hydroxylation is 1. The van der Waals surface area contributed by atoms with Gasteiger partial charge in [0.25, 0.3) is 0 Å². The molecule has 1 aliphatic carbocycles. The summed E-state index contributed by atoms with van der Waals surface area (Å²) in [7, 11) is 0. The van der Waals surface area contributed by atoms with Gasteiger partial charge in [-0.3, -0.25) is 0 Å². The van der Waals surface area contributed by atoms with Crippen molar-refractivity contribution in [3.63, 3.8) is 0 Å². The highest BCUT2D eigenvalue weighted by Crippen LogP contribution is 2.37. The summed E-state index contributed by atoms with van der Waals surface area (Å²) in [5, 5.41) is 10.5. The Morgan fingerprint density at radius 1 is 1.45 bits per heavy atom. The third-order valence-corrected chi connectivity index (χ3v) is 4.77. The van der Waals surface area contributed by atoms with Crippen LogP contribution in [0, 0.1) is 12.8 Å². The lowest BCUT2D eigenvalue weighted by atomic mass is 9.88. The molecule has 2 rings (SSSR count). The van der Waals surface area contributed by atoms with Crippen molar-refractivity contribution in [1.29, 1.82) is 0 Å². The number of aliphatic hydroxyl groups is 1. The molecule has 0 spiro atoms. The first-order valence-corrected chi connectivity index (χ1v) is 7.83. The van der Waals surface area contributed by atoms with Gasteiger partial charge in [-0.05, 0) is 56.7 Å². The Morgan fingerprint density at radius 3 is 2.90 bits per heavy atom. The van der Waals surface area contributed by atoms with Crippen LogP contribution in [0.2, 0.25) is 0 Å². The second-order valence-electron chi connectivity index (χ2n) is 6.10. The highest BCUT2D eigenvalue weighted by Gasteiger charge is 2.39. The van der Waals surface area contributed by atoms with Crippen molar-refractivity contribution in [1.82, 2.24) is 0 Å². The summed E-state index contributed by atoms with van der Waals surface area (Å²) in [4.78, 5) is 2.39. The molecule has 2 unspecified atom stereocenters. The number of hydrogen-bond acceptors (Lipinski definition) is 3. The van der Waals surface area contributed by atoms with Crippen LogP contribution in [-0.4, -0.2) is 30.3 Å². The molecule has 1 aliphatic rings. The van der Waals surface area contributed by atoms with Gasteiger partial charge in [0.15, 0.2) is 0 Å². The summed E-state index contributed by atoms with van der Waals surface area (Å²) in [6.07, 6.45) is 4.11. The molecule has 20 heavy (non-hydrogen) atoms. The van der Waals surface area contributed by atoms with E-state index in [0.717, 1.165) is 38.8 Å². The molecule has 0 aliphatic heterocycles. The molecule has 3 nitrogen and oxygen atoms in total. The predicted molar refractivity (Wildman–Crippen MR) is 85.0 cm³/mol. The van der Waals surface area contributed by atoms with Crippen molar-refractivity contribution >= 4 is 5.69 Å². The van der Waals surface area contributed by atoms with E-state index in [1.165, 1.54) is 11.3 Å². The molecular weight excluding hydrogens is 248 g/mol. The van der Waals surface area contributed by atoms with Crippen LogP contribution < -0.4 is 10.6 Å². The third-order valence-electron chi connectivity index (χ3n) is 4.77. The summed E-state index contributed by atoms with van der Waals surface area (Å²) in [5.74, 6) is 0.353.